The monoisotopic (exact) mass is 302 g/mol. The number of nitrogens with one attached hydrogen (secondary N) is 1. The second kappa shape index (κ2) is 6.90. The fourth-order valence-corrected chi connectivity index (χ4v) is 2.12. The van der Waals surface area contributed by atoms with Crippen LogP contribution in [0.4, 0.5) is 5.69 Å². The molecule has 0 unspecified atom stereocenters. The Balaban J connectivity index is 2.11. The van der Waals surface area contributed by atoms with E-state index in [0.29, 0.717) is 11.3 Å². The van der Waals surface area contributed by atoms with Crippen molar-refractivity contribution in [1.29, 1.82) is 0 Å². The number of amides is 1. The number of ether oxygens (including phenoxy) is 1. The van der Waals surface area contributed by atoms with E-state index in [1.54, 1.807) is 17.8 Å². The van der Waals surface area contributed by atoms with E-state index in [4.69, 9.17) is 0 Å². The molecule has 0 aliphatic carbocycles. The maximum absolute atomic E-state index is 12.1. The lowest BCUT2D eigenvalue weighted by Crippen LogP contribution is -2.14. The number of thioether (sulfide) groups is 1. The number of anilines is 1. The van der Waals surface area contributed by atoms with Crippen LogP contribution in [0.15, 0.2) is 47.5 Å². The van der Waals surface area contributed by atoms with Crippen LogP contribution < -0.4 is 5.32 Å². The average Bonchev–Trinajstić information content (AvgIpc) is 2.54. The van der Waals surface area contributed by atoms with Crippen molar-refractivity contribution in [3.63, 3.8) is 0 Å². The van der Waals surface area contributed by atoms with E-state index in [1.807, 2.05) is 24.5 Å². The van der Waals surface area contributed by atoms with E-state index < -0.39 is 5.97 Å². The first kappa shape index (κ1) is 15.1. The van der Waals surface area contributed by atoms with Crippen LogP contribution in [0, 0.1) is 0 Å². The number of hydrogen-bond donors (Lipinski definition) is 1. The molecule has 0 fully saturated rings. The lowest BCUT2D eigenvalue weighted by atomic mass is 10.2. The number of carbonyl (C=O) groups excluding carboxylic acids is 2. The first-order valence-electron chi connectivity index (χ1n) is 6.14. The molecule has 21 heavy (non-hydrogen) atoms. The average molecular weight is 302 g/mol. The highest BCUT2D eigenvalue weighted by atomic mass is 32.2. The van der Waals surface area contributed by atoms with E-state index in [2.05, 4.69) is 15.0 Å². The van der Waals surface area contributed by atoms with Gasteiger partial charge in [-0.25, -0.2) is 4.79 Å². The highest BCUT2D eigenvalue weighted by Crippen LogP contribution is 2.19. The van der Waals surface area contributed by atoms with E-state index in [0.717, 1.165) is 4.90 Å². The smallest absolute Gasteiger partial charge is 0.339 e. The van der Waals surface area contributed by atoms with Crippen LogP contribution >= 0.6 is 11.8 Å². The van der Waals surface area contributed by atoms with Gasteiger partial charge in [-0.2, -0.15) is 0 Å². The third-order valence-corrected chi connectivity index (χ3v) is 3.47. The van der Waals surface area contributed by atoms with Gasteiger partial charge in [0.05, 0.1) is 12.7 Å². The molecule has 1 heterocycles. The molecule has 2 rings (SSSR count). The highest BCUT2D eigenvalue weighted by Gasteiger charge is 2.10. The number of rotatable bonds is 4. The van der Waals surface area contributed by atoms with Crippen molar-refractivity contribution in [2.24, 2.45) is 0 Å². The Morgan fingerprint density at radius 1 is 1.24 bits per heavy atom. The minimum absolute atomic E-state index is 0.234. The highest BCUT2D eigenvalue weighted by molar-refractivity contribution is 7.98. The number of hydrogen-bond acceptors (Lipinski definition) is 5. The largest absolute Gasteiger partial charge is 0.465 e. The van der Waals surface area contributed by atoms with Gasteiger partial charge in [0.2, 0.25) is 0 Å². The Kier molecular flexibility index (Phi) is 4.94. The van der Waals surface area contributed by atoms with E-state index >= 15 is 0 Å². The predicted molar refractivity (Wildman–Crippen MR) is 81.8 cm³/mol. The maximum Gasteiger partial charge on any atom is 0.339 e. The summed E-state index contributed by atoms with van der Waals surface area (Å²) in [5, 5.41) is 2.76. The zero-order valence-electron chi connectivity index (χ0n) is 11.6. The first-order valence-corrected chi connectivity index (χ1v) is 7.36. The second-order valence-corrected chi connectivity index (χ2v) is 4.99. The lowest BCUT2D eigenvalue weighted by Gasteiger charge is -2.06. The van der Waals surface area contributed by atoms with Crippen LogP contribution in [0.2, 0.25) is 0 Å². The SMILES string of the molecule is COC(=O)c1ccc(C(=O)Nc2cccc(SC)c2)nc1. The topological polar surface area (TPSA) is 68.3 Å². The summed E-state index contributed by atoms with van der Waals surface area (Å²) in [5.41, 5.74) is 1.24. The Bertz CT molecular complexity index is 656. The van der Waals surface area contributed by atoms with Crippen LogP contribution in [0.1, 0.15) is 20.8 Å². The first-order chi connectivity index (χ1) is 10.1. The molecule has 0 atom stereocenters. The van der Waals surface area contributed by atoms with Crippen molar-refractivity contribution in [3.8, 4) is 0 Å². The van der Waals surface area contributed by atoms with Gasteiger partial charge in [0.25, 0.3) is 5.91 Å². The number of pyridine rings is 1. The number of methoxy groups -OCH3 is 1. The fraction of sp³-hybridized carbons (Fsp3) is 0.133. The zero-order valence-corrected chi connectivity index (χ0v) is 12.4. The van der Waals surface area contributed by atoms with Crippen LogP contribution in [0.25, 0.3) is 0 Å². The quantitative estimate of drug-likeness (QED) is 0.695. The second-order valence-electron chi connectivity index (χ2n) is 4.11. The number of benzene rings is 1. The number of aromatic nitrogens is 1. The van der Waals surface area contributed by atoms with Gasteiger partial charge in [-0.05, 0) is 36.6 Å². The molecular weight excluding hydrogens is 288 g/mol. The van der Waals surface area contributed by atoms with E-state index in [9.17, 15) is 9.59 Å². The third-order valence-electron chi connectivity index (χ3n) is 2.74. The van der Waals surface area contributed by atoms with Crippen molar-refractivity contribution in [2.75, 3.05) is 18.7 Å². The summed E-state index contributed by atoms with van der Waals surface area (Å²) >= 11 is 1.60. The van der Waals surface area contributed by atoms with Crippen molar-refractivity contribution >= 4 is 29.3 Å². The number of esters is 1. The van der Waals surface area contributed by atoms with Gasteiger partial charge in [-0.15, -0.1) is 11.8 Å². The molecule has 1 amide bonds. The summed E-state index contributed by atoms with van der Waals surface area (Å²) in [6, 6.07) is 10.5. The summed E-state index contributed by atoms with van der Waals surface area (Å²) in [6.45, 7) is 0. The van der Waals surface area contributed by atoms with Gasteiger partial charge in [0.1, 0.15) is 5.69 Å². The van der Waals surface area contributed by atoms with Gasteiger partial charge >= 0.3 is 5.97 Å². The molecule has 108 valence electrons. The van der Waals surface area contributed by atoms with Crippen molar-refractivity contribution in [1.82, 2.24) is 4.98 Å². The van der Waals surface area contributed by atoms with Gasteiger partial charge in [0.15, 0.2) is 0 Å². The fourth-order valence-electron chi connectivity index (χ4n) is 1.66. The molecule has 0 spiro atoms. The van der Waals surface area contributed by atoms with Gasteiger partial charge in [0, 0.05) is 16.8 Å². The van der Waals surface area contributed by atoms with Gasteiger partial charge < -0.3 is 10.1 Å². The van der Waals surface area contributed by atoms with Crippen molar-refractivity contribution < 1.29 is 14.3 Å². The van der Waals surface area contributed by atoms with Crippen LogP contribution in [0.5, 0.6) is 0 Å². The predicted octanol–water partition coefficient (Wildman–Crippen LogP) is 2.84. The Labute approximate surface area is 126 Å². The van der Waals surface area contributed by atoms with Gasteiger partial charge in [-0.1, -0.05) is 6.07 Å². The minimum Gasteiger partial charge on any atom is -0.465 e. The van der Waals surface area contributed by atoms with Crippen molar-refractivity contribution in [3.05, 3.63) is 53.9 Å². The summed E-state index contributed by atoms with van der Waals surface area (Å²) in [5.74, 6) is -0.813. The standard InChI is InChI=1S/C15H14N2O3S/c1-20-15(19)10-6-7-13(16-9-10)14(18)17-11-4-3-5-12(8-11)21-2/h3-9H,1-2H3,(H,17,18). The molecule has 1 aromatic carbocycles. The van der Waals surface area contributed by atoms with Crippen LogP contribution in [-0.4, -0.2) is 30.2 Å². The van der Waals surface area contributed by atoms with Crippen molar-refractivity contribution in [2.45, 2.75) is 4.90 Å². The summed E-state index contributed by atoms with van der Waals surface area (Å²) in [6.07, 6.45) is 3.28. The molecule has 0 bridgehead atoms. The number of nitrogens with zero attached hydrogens (tertiary/aromatic N) is 1. The summed E-state index contributed by atoms with van der Waals surface area (Å²) in [4.78, 5) is 28.4. The molecule has 1 N–H and O–H groups in total. The molecule has 0 aliphatic heterocycles. The molecule has 2 aromatic rings. The Morgan fingerprint density at radius 2 is 2.05 bits per heavy atom. The Hall–Kier alpha value is -2.34. The summed E-state index contributed by atoms with van der Waals surface area (Å²) < 4.78 is 4.58. The minimum atomic E-state index is -0.484. The summed E-state index contributed by atoms with van der Waals surface area (Å²) in [7, 11) is 1.29. The Morgan fingerprint density at radius 3 is 2.67 bits per heavy atom. The molecule has 1 aromatic heterocycles. The van der Waals surface area contributed by atoms with E-state index in [1.165, 1.54) is 25.4 Å². The third kappa shape index (κ3) is 3.82. The molecule has 0 saturated carbocycles. The molecule has 5 nitrogen and oxygen atoms in total. The van der Waals surface area contributed by atoms with E-state index in [-0.39, 0.29) is 11.6 Å². The van der Waals surface area contributed by atoms with Gasteiger partial charge in [-0.3, -0.25) is 9.78 Å². The molecule has 0 saturated heterocycles. The molecule has 0 radical (unpaired) electrons. The molecular formula is C15H14N2O3S. The lowest BCUT2D eigenvalue weighted by molar-refractivity contribution is 0.0600. The molecule has 0 aliphatic rings. The molecule has 6 heteroatoms. The van der Waals surface area contributed by atoms with Crippen LogP contribution in [0.3, 0.4) is 0 Å². The normalized spacial score (nSPS) is 10.0. The van der Waals surface area contributed by atoms with Crippen LogP contribution in [-0.2, 0) is 4.74 Å². The number of carbonyl (C=O) groups is 2. The maximum atomic E-state index is 12.1. The zero-order chi connectivity index (χ0) is 15.2.